The molecule has 1 aromatic carbocycles. The fourth-order valence-corrected chi connectivity index (χ4v) is 8.84. The van der Waals surface area contributed by atoms with E-state index in [1.165, 1.54) is 0 Å². The quantitative estimate of drug-likeness (QED) is 0.405. The van der Waals surface area contributed by atoms with E-state index in [1.807, 2.05) is 37.3 Å². The van der Waals surface area contributed by atoms with E-state index < -0.39 is 22.6 Å². The average molecular weight is 502 g/mol. The van der Waals surface area contributed by atoms with Gasteiger partial charge in [-0.25, -0.2) is 0 Å². The Balaban J connectivity index is 1.61. The summed E-state index contributed by atoms with van der Waals surface area (Å²) in [5, 5.41) is 15.5. The first kappa shape index (κ1) is 26.0. The lowest BCUT2D eigenvalue weighted by molar-refractivity contribution is -0.140. The second-order valence-corrected chi connectivity index (χ2v) is 12.5. The van der Waals surface area contributed by atoms with Crippen LogP contribution in [0.15, 0.2) is 30.3 Å². The minimum atomic E-state index is -0.587. The molecule has 0 aliphatic carbocycles. The number of aliphatic hydroxyl groups excluding tert-OH is 1. The number of carbonyl (C=O) groups is 3. The zero-order valence-corrected chi connectivity index (χ0v) is 21.9. The first-order valence-electron chi connectivity index (χ1n) is 13.0. The van der Waals surface area contributed by atoms with Gasteiger partial charge in [-0.3, -0.25) is 14.4 Å². The molecule has 0 radical (unpaired) electrons. The number of unbranched alkanes of at least 4 members (excludes halogenated alkanes) is 1. The van der Waals surface area contributed by atoms with Crippen LogP contribution in [0.4, 0.5) is 0 Å². The molecule has 8 heteroatoms. The van der Waals surface area contributed by atoms with Crippen molar-refractivity contribution < 1.29 is 19.5 Å². The van der Waals surface area contributed by atoms with Crippen molar-refractivity contribution in [2.24, 2.45) is 11.8 Å². The predicted molar refractivity (Wildman–Crippen MR) is 138 cm³/mol. The maximum atomic E-state index is 13.9. The van der Waals surface area contributed by atoms with Crippen LogP contribution in [-0.2, 0) is 20.9 Å². The number of amides is 3. The van der Waals surface area contributed by atoms with Crippen molar-refractivity contribution in [2.45, 2.75) is 87.4 Å². The zero-order chi connectivity index (χ0) is 25.2. The molecule has 4 rings (SSSR count). The highest BCUT2D eigenvalue weighted by Crippen LogP contribution is 2.71. The standard InChI is InChI=1S/C27H39N3O4S/c1-4-10-18(2)29-24(33)22-27-14-13-26(3,35-27)20(21(27)25(34)30(22)15-8-9-16-31)23(32)28-17-19-11-6-5-7-12-19/h5-7,11-12,18,20-22,31H,4,8-10,13-17H2,1-3H3,(H,28,32)(H,29,33)/t18?,20-,21-,22?,26+,27?/m0/s1. The molecule has 3 N–H and O–H groups in total. The summed E-state index contributed by atoms with van der Waals surface area (Å²) in [7, 11) is 0. The number of nitrogens with zero attached hydrogens (tertiary/aromatic N) is 1. The smallest absolute Gasteiger partial charge is 0.244 e. The van der Waals surface area contributed by atoms with Gasteiger partial charge in [0.1, 0.15) is 6.04 Å². The molecule has 0 saturated carbocycles. The van der Waals surface area contributed by atoms with Gasteiger partial charge in [0.15, 0.2) is 0 Å². The van der Waals surface area contributed by atoms with Gasteiger partial charge in [-0.2, -0.15) is 0 Å². The molecular formula is C27H39N3O4S. The van der Waals surface area contributed by atoms with Crippen molar-refractivity contribution in [1.82, 2.24) is 15.5 Å². The Labute approximate surface area is 212 Å². The first-order valence-corrected chi connectivity index (χ1v) is 13.8. The number of benzene rings is 1. The van der Waals surface area contributed by atoms with Crippen molar-refractivity contribution >= 4 is 29.5 Å². The normalized spacial score (nSPS) is 31.9. The summed E-state index contributed by atoms with van der Waals surface area (Å²) in [4.78, 5) is 42.9. The molecule has 3 unspecified atom stereocenters. The van der Waals surface area contributed by atoms with Crippen LogP contribution in [0.25, 0.3) is 0 Å². The van der Waals surface area contributed by atoms with Gasteiger partial charge in [-0.1, -0.05) is 43.7 Å². The molecule has 3 amide bonds. The molecule has 3 aliphatic heterocycles. The van der Waals surface area contributed by atoms with Gasteiger partial charge < -0.3 is 20.6 Å². The largest absolute Gasteiger partial charge is 0.396 e. The number of rotatable bonds is 11. The number of likely N-dealkylation sites (tertiary alicyclic amines) is 1. The summed E-state index contributed by atoms with van der Waals surface area (Å²) in [6.45, 7) is 7.08. The number of aliphatic hydroxyl groups is 1. The van der Waals surface area contributed by atoms with Crippen LogP contribution in [-0.4, -0.2) is 62.5 Å². The minimum absolute atomic E-state index is 0.0292. The fourth-order valence-electron chi connectivity index (χ4n) is 6.48. The second kappa shape index (κ2) is 10.5. The lowest BCUT2D eigenvalue weighted by atomic mass is 9.66. The molecule has 3 heterocycles. The van der Waals surface area contributed by atoms with Crippen LogP contribution >= 0.6 is 11.8 Å². The maximum Gasteiger partial charge on any atom is 0.244 e. The van der Waals surface area contributed by atoms with E-state index in [0.717, 1.165) is 31.2 Å². The van der Waals surface area contributed by atoms with Crippen LogP contribution in [0.5, 0.6) is 0 Å². The molecule has 6 atom stereocenters. The molecule has 2 bridgehead atoms. The first-order chi connectivity index (χ1) is 16.8. The Morgan fingerprint density at radius 1 is 1.20 bits per heavy atom. The lowest BCUT2D eigenvalue weighted by Crippen LogP contribution is -2.55. The Morgan fingerprint density at radius 3 is 2.63 bits per heavy atom. The summed E-state index contributed by atoms with van der Waals surface area (Å²) in [5.74, 6) is -1.26. The van der Waals surface area contributed by atoms with Crippen LogP contribution in [0.3, 0.4) is 0 Å². The van der Waals surface area contributed by atoms with Crippen molar-refractivity contribution in [3.8, 4) is 0 Å². The van der Waals surface area contributed by atoms with Gasteiger partial charge in [-0.05, 0) is 51.5 Å². The minimum Gasteiger partial charge on any atom is -0.396 e. The molecule has 3 saturated heterocycles. The predicted octanol–water partition coefficient (Wildman–Crippen LogP) is 2.86. The van der Waals surface area contributed by atoms with E-state index in [-0.39, 0.29) is 35.1 Å². The van der Waals surface area contributed by atoms with Gasteiger partial charge in [-0.15, -0.1) is 11.8 Å². The number of fused-ring (bicyclic) bond motifs is 1. The number of thioether (sulfide) groups is 1. The van der Waals surface area contributed by atoms with E-state index in [1.54, 1.807) is 16.7 Å². The summed E-state index contributed by atoms with van der Waals surface area (Å²) < 4.78 is -0.957. The SMILES string of the molecule is CCCC(C)NC(=O)C1N(CCCCO)C(=O)[C@@H]2[C@@H](C(=O)NCc3ccccc3)[C@@]3(C)CCC12S3. The molecule has 1 spiro atoms. The van der Waals surface area contributed by atoms with Crippen molar-refractivity contribution in [3.05, 3.63) is 35.9 Å². The third-order valence-electron chi connectivity index (χ3n) is 8.03. The van der Waals surface area contributed by atoms with Crippen molar-refractivity contribution in [3.63, 3.8) is 0 Å². The highest BCUT2D eigenvalue weighted by atomic mass is 32.2. The van der Waals surface area contributed by atoms with Crippen LogP contribution in [0.1, 0.15) is 64.9 Å². The molecule has 3 aliphatic rings. The number of nitrogens with one attached hydrogen (secondary N) is 2. The molecule has 0 aromatic heterocycles. The molecule has 7 nitrogen and oxygen atoms in total. The van der Waals surface area contributed by atoms with E-state index in [9.17, 15) is 19.5 Å². The molecular weight excluding hydrogens is 462 g/mol. The van der Waals surface area contributed by atoms with E-state index in [2.05, 4.69) is 24.5 Å². The third-order valence-corrected chi connectivity index (χ3v) is 10.0. The average Bonchev–Trinajstić information content (AvgIpc) is 3.39. The molecule has 192 valence electrons. The van der Waals surface area contributed by atoms with Gasteiger partial charge in [0.05, 0.1) is 16.6 Å². The van der Waals surface area contributed by atoms with Crippen molar-refractivity contribution in [1.29, 1.82) is 0 Å². The van der Waals surface area contributed by atoms with Gasteiger partial charge in [0.25, 0.3) is 0 Å². The number of carbonyl (C=O) groups excluding carboxylic acids is 3. The van der Waals surface area contributed by atoms with Crippen LogP contribution in [0, 0.1) is 11.8 Å². The Kier molecular flexibility index (Phi) is 7.81. The van der Waals surface area contributed by atoms with Gasteiger partial charge in [0.2, 0.25) is 17.7 Å². The maximum absolute atomic E-state index is 13.9. The number of hydrogen-bond acceptors (Lipinski definition) is 5. The molecule has 35 heavy (non-hydrogen) atoms. The Morgan fingerprint density at radius 2 is 1.94 bits per heavy atom. The van der Waals surface area contributed by atoms with E-state index in [0.29, 0.717) is 25.9 Å². The topological polar surface area (TPSA) is 98.7 Å². The summed E-state index contributed by atoms with van der Waals surface area (Å²) in [5.41, 5.74) is 1.02. The zero-order valence-electron chi connectivity index (χ0n) is 21.1. The summed E-state index contributed by atoms with van der Waals surface area (Å²) in [6, 6.07) is 9.22. The van der Waals surface area contributed by atoms with Crippen molar-refractivity contribution in [2.75, 3.05) is 13.2 Å². The molecule has 1 aromatic rings. The second-order valence-electron chi connectivity index (χ2n) is 10.6. The summed E-state index contributed by atoms with van der Waals surface area (Å²) >= 11 is 1.70. The van der Waals surface area contributed by atoms with Gasteiger partial charge in [0, 0.05) is 30.5 Å². The monoisotopic (exact) mass is 501 g/mol. The van der Waals surface area contributed by atoms with E-state index in [4.69, 9.17) is 0 Å². The highest BCUT2D eigenvalue weighted by Gasteiger charge is 2.76. The Hall–Kier alpha value is -2.06. The Bertz CT molecular complexity index is 944. The fraction of sp³-hybridized carbons (Fsp3) is 0.667. The molecule has 3 fully saturated rings. The summed E-state index contributed by atoms with van der Waals surface area (Å²) in [6.07, 6.45) is 4.62. The van der Waals surface area contributed by atoms with Gasteiger partial charge >= 0.3 is 0 Å². The lowest BCUT2D eigenvalue weighted by Gasteiger charge is -2.35. The van der Waals surface area contributed by atoms with Crippen LogP contribution < -0.4 is 10.6 Å². The highest BCUT2D eigenvalue weighted by molar-refractivity contribution is 8.02. The van der Waals surface area contributed by atoms with Crippen LogP contribution in [0.2, 0.25) is 0 Å². The number of hydrogen-bond donors (Lipinski definition) is 3. The third kappa shape index (κ3) is 4.71. The van der Waals surface area contributed by atoms with E-state index >= 15 is 0 Å².